The first-order chi connectivity index (χ1) is 55.3. The highest BCUT2D eigenvalue weighted by Crippen LogP contribution is 2.47. The number of hydrogen-bond acceptors (Lipinski definition) is 8. The first-order valence-electron chi connectivity index (χ1n) is 40.6. The highest BCUT2D eigenvalue weighted by molar-refractivity contribution is 6.19. The lowest BCUT2D eigenvalue weighted by Gasteiger charge is -2.33. The monoisotopic (exact) mass is 1460 g/mol. The van der Waals surface area contributed by atoms with Gasteiger partial charge in [-0.15, -0.1) is 0 Å². The van der Waals surface area contributed by atoms with Crippen molar-refractivity contribution in [2.45, 2.75) is 107 Å². The summed E-state index contributed by atoms with van der Waals surface area (Å²) < 4.78 is 33.0. The Kier molecular flexibility index (Phi) is 17.8. The number of hydrogen-bond donors (Lipinski definition) is 0. The predicted octanol–water partition coefficient (Wildman–Crippen LogP) is 23.8. The zero-order valence-electron chi connectivity index (χ0n) is 68.5. The number of rotatable bonds is 10. The van der Waals surface area contributed by atoms with E-state index >= 15 is 0 Å². The van der Waals surface area contributed by atoms with Crippen molar-refractivity contribution in [1.82, 2.24) is 37.9 Å². The van der Waals surface area contributed by atoms with Gasteiger partial charge in [-0.1, -0.05) is 170 Å². The van der Waals surface area contributed by atoms with E-state index in [4.69, 9.17) is 4.11 Å². The minimum atomic E-state index is -2.18. The van der Waals surface area contributed by atoms with Crippen LogP contribution in [0.1, 0.15) is 74.8 Å². The molecule has 12 aromatic carbocycles. The molecule has 4 aliphatic rings. The summed E-state index contributed by atoms with van der Waals surface area (Å²) in [4.78, 5) is 17.8. The molecule has 4 aromatic heterocycles. The van der Waals surface area contributed by atoms with Gasteiger partial charge in [-0.25, -0.2) is 0 Å². The van der Waals surface area contributed by atoms with Gasteiger partial charge in [0, 0.05) is 146 Å². The molecule has 0 saturated carbocycles. The molecular formula is C99H98N12. The van der Waals surface area contributed by atoms with E-state index in [0.29, 0.717) is 18.4 Å². The summed E-state index contributed by atoms with van der Waals surface area (Å²) in [6.07, 6.45) is 17.4. The fourth-order valence-corrected chi connectivity index (χ4v) is 17.6. The molecule has 111 heavy (non-hydrogen) atoms. The van der Waals surface area contributed by atoms with E-state index in [2.05, 4.69) is 415 Å². The van der Waals surface area contributed by atoms with Crippen LogP contribution in [-0.4, -0.2) is 89.1 Å². The largest absolute Gasteiger partial charge is 0.359 e. The molecule has 554 valence electrons. The second-order valence-corrected chi connectivity index (χ2v) is 30.0. The summed E-state index contributed by atoms with van der Waals surface area (Å²) in [5.74, 6) is 0. The Morgan fingerprint density at radius 2 is 0.559 bits per heavy atom. The van der Waals surface area contributed by atoms with Gasteiger partial charge < -0.3 is 57.5 Å². The van der Waals surface area contributed by atoms with Crippen LogP contribution in [0.3, 0.4) is 0 Å². The van der Waals surface area contributed by atoms with Crippen molar-refractivity contribution in [3.05, 3.63) is 339 Å². The summed E-state index contributed by atoms with van der Waals surface area (Å²) >= 11 is 0. The van der Waals surface area contributed by atoms with Crippen molar-refractivity contribution in [3.63, 3.8) is 0 Å². The van der Waals surface area contributed by atoms with Crippen LogP contribution in [-0.2, 0) is 0 Å². The molecule has 0 unspecified atom stereocenters. The standard InChI is InChI=1S/C26H27N3.C25H25N3.2C24H23N3/c1-18(2)27-16-17-28(20(27)4)26-19(3)14-15-24-25(26)22-12-8-9-13-23(22)29(24)21-10-6-5-7-11-21;1-4-26-16-17-27(19(26)3)25-18(2)14-15-23-24(25)21-12-8-9-13-22(21)28(23)20-10-6-5-7-11-20;2*1-17-13-14-22-23(24(17)26-16-15-25(3)18(26)2)20-11-7-8-12-21(20)27(22)19-9-5-4-6-10-19/h5-18,20H,1-4H3;5-17,19H,4H2,1-3H3;2*4-16,18H,1-3H3/t20-;19-;2*18-/m0000/s1/i;;3D3;. The minimum Gasteiger partial charge on any atom is -0.359 e. The molecule has 12 heteroatoms. The van der Waals surface area contributed by atoms with Gasteiger partial charge in [0.25, 0.3) is 0 Å². The van der Waals surface area contributed by atoms with E-state index in [0.717, 1.165) is 45.3 Å². The highest BCUT2D eigenvalue weighted by Gasteiger charge is 2.32. The van der Waals surface area contributed by atoms with Crippen molar-refractivity contribution in [1.29, 1.82) is 0 Å². The molecule has 0 spiro atoms. The van der Waals surface area contributed by atoms with Crippen LogP contribution in [0.25, 0.3) is 110 Å². The molecule has 0 N–H and O–H groups in total. The van der Waals surface area contributed by atoms with Crippen molar-refractivity contribution < 1.29 is 4.11 Å². The zero-order chi connectivity index (χ0) is 79.0. The molecule has 8 heterocycles. The number of para-hydroxylation sites is 8. The van der Waals surface area contributed by atoms with Gasteiger partial charge in [0.15, 0.2) is 0 Å². The Bertz CT molecular complexity index is 6410. The number of aryl methyl sites for hydroxylation is 4. The van der Waals surface area contributed by atoms with Gasteiger partial charge in [-0.2, -0.15) is 0 Å². The van der Waals surface area contributed by atoms with Crippen molar-refractivity contribution in [2.24, 2.45) is 0 Å². The molecule has 4 aliphatic heterocycles. The fraction of sp³-hybridized carbons (Fsp3) is 0.192. The molecule has 0 amide bonds. The van der Waals surface area contributed by atoms with Crippen molar-refractivity contribution >= 4 is 110 Å². The maximum absolute atomic E-state index is 7.85. The summed E-state index contributed by atoms with van der Waals surface area (Å²) in [6.45, 7) is 23.0. The van der Waals surface area contributed by atoms with Crippen LogP contribution in [0.4, 0.5) is 22.7 Å². The Morgan fingerprint density at radius 1 is 0.288 bits per heavy atom. The predicted molar refractivity (Wildman–Crippen MR) is 471 cm³/mol. The van der Waals surface area contributed by atoms with E-state index < -0.39 is 6.98 Å². The Morgan fingerprint density at radius 3 is 0.829 bits per heavy atom. The van der Waals surface area contributed by atoms with Crippen LogP contribution in [0.2, 0.25) is 0 Å². The second-order valence-electron chi connectivity index (χ2n) is 30.0. The van der Waals surface area contributed by atoms with Crippen LogP contribution < -0.4 is 19.6 Å². The molecule has 0 radical (unpaired) electrons. The van der Waals surface area contributed by atoms with Crippen LogP contribution in [0.15, 0.2) is 317 Å². The maximum Gasteiger partial charge on any atom is 0.103 e. The summed E-state index contributed by atoms with van der Waals surface area (Å²) in [6, 6.07) is 95.2. The van der Waals surface area contributed by atoms with Crippen molar-refractivity contribution in [2.75, 3.05) is 40.2 Å². The average Bonchev–Trinajstić information content (AvgIpc) is 1.58. The third kappa shape index (κ3) is 12.2. The molecular weight excluding hydrogens is 1360 g/mol. The molecule has 4 atom stereocenters. The first kappa shape index (κ1) is 67.5. The van der Waals surface area contributed by atoms with Gasteiger partial charge in [0.05, 0.1) is 66.9 Å². The number of nitrogens with zero attached hydrogens (tertiary/aromatic N) is 12. The van der Waals surface area contributed by atoms with E-state index in [-0.39, 0.29) is 12.3 Å². The Balaban J connectivity index is 0.000000110. The highest BCUT2D eigenvalue weighted by atomic mass is 15.4. The summed E-state index contributed by atoms with van der Waals surface area (Å²) in [5, 5.41) is 10.2. The average molecular weight is 1460 g/mol. The second kappa shape index (κ2) is 29.3. The smallest absolute Gasteiger partial charge is 0.103 e. The molecule has 12 nitrogen and oxygen atoms in total. The topological polar surface area (TPSA) is 45.6 Å². The number of anilines is 4. The lowest BCUT2D eigenvalue weighted by Crippen LogP contribution is -2.39. The van der Waals surface area contributed by atoms with Crippen LogP contribution in [0.5, 0.6) is 0 Å². The Hall–Kier alpha value is -12.8. The van der Waals surface area contributed by atoms with Crippen molar-refractivity contribution in [3.8, 4) is 22.7 Å². The Labute approximate surface area is 656 Å². The molecule has 0 bridgehead atoms. The van der Waals surface area contributed by atoms with Crippen LogP contribution >= 0.6 is 0 Å². The van der Waals surface area contributed by atoms with Gasteiger partial charge >= 0.3 is 0 Å². The first-order valence-corrected chi connectivity index (χ1v) is 39.1. The molecule has 0 saturated heterocycles. The van der Waals surface area contributed by atoms with E-state index in [1.165, 1.54) is 121 Å². The third-order valence-corrected chi connectivity index (χ3v) is 23.3. The maximum atomic E-state index is 7.85. The summed E-state index contributed by atoms with van der Waals surface area (Å²) in [7, 11) is 2.13. The molecule has 16 aromatic rings. The lowest BCUT2D eigenvalue weighted by atomic mass is 10.1. The van der Waals surface area contributed by atoms with Gasteiger partial charge in [0.1, 0.15) is 24.7 Å². The minimum absolute atomic E-state index is 0.290. The van der Waals surface area contributed by atoms with Crippen LogP contribution in [0, 0.1) is 27.7 Å². The van der Waals surface area contributed by atoms with Gasteiger partial charge in [-0.3, -0.25) is 0 Å². The fourth-order valence-electron chi connectivity index (χ4n) is 17.6. The zero-order valence-corrected chi connectivity index (χ0v) is 65.5. The normalized spacial score (nSPS) is 17.2. The van der Waals surface area contributed by atoms with E-state index in [9.17, 15) is 0 Å². The SMILES string of the molecule is CCN1C=CN(c2c(C)ccc3c2c2ccccc2n3-c2ccccc2)[C@H]1C.Cc1ccc2c(c1N1C=CN(C(C)C)[C@@H]1C)c1ccccc1n2-c1ccccc1.Cc1ccc2c(c1N1C=CN(C)[C@@H]1C)c1ccccc1n2-c1ccccc1.[2H]C([2H])([2H])N1C=CN(c2c(C)ccc3c2c2ccccc2n3-c2ccccc2)[C@H]1C. The molecule has 20 rings (SSSR count). The van der Waals surface area contributed by atoms with Gasteiger partial charge in [-0.05, 0) is 195 Å². The molecule has 0 aliphatic carbocycles. The number of aromatic nitrogens is 4. The molecule has 0 fully saturated rings. The third-order valence-electron chi connectivity index (χ3n) is 23.3. The van der Waals surface area contributed by atoms with E-state index in [1.54, 1.807) is 6.20 Å². The quantitative estimate of drug-likeness (QED) is 0.134. The summed E-state index contributed by atoms with van der Waals surface area (Å²) in [5.41, 5.74) is 24.4. The lowest BCUT2D eigenvalue weighted by molar-refractivity contribution is 0.264. The van der Waals surface area contributed by atoms with E-state index in [1.807, 2.05) is 31.3 Å². The van der Waals surface area contributed by atoms with Gasteiger partial charge in [0.2, 0.25) is 0 Å². The number of fused-ring (bicyclic) bond motifs is 12. The number of benzene rings is 12.